The van der Waals surface area contributed by atoms with Gasteiger partial charge in [0.25, 0.3) is 0 Å². The third-order valence-corrected chi connectivity index (χ3v) is 5.42. The van der Waals surface area contributed by atoms with Gasteiger partial charge in [0, 0.05) is 13.6 Å². The molecule has 0 aliphatic carbocycles. The molecule has 0 heterocycles. The fourth-order valence-electron chi connectivity index (χ4n) is 2.19. The van der Waals surface area contributed by atoms with Crippen LogP contribution in [0.15, 0.2) is 53.4 Å². The number of carbonyl (C=O) groups is 1. The van der Waals surface area contributed by atoms with Gasteiger partial charge in [-0.1, -0.05) is 30.3 Å². The number of sulfonamides is 1. The van der Waals surface area contributed by atoms with Crippen LogP contribution in [0.3, 0.4) is 0 Å². The lowest BCUT2D eigenvalue weighted by atomic mass is 10.1. The minimum Gasteiger partial charge on any atom is -0.465 e. The zero-order chi connectivity index (χ0) is 17.0. The third-order valence-electron chi connectivity index (χ3n) is 3.62. The van der Waals surface area contributed by atoms with E-state index in [1.54, 1.807) is 0 Å². The van der Waals surface area contributed by atoms with Crippen molar-refractivity contribution in [1.82, 2.24) is 4.31 Å². The van der Waals surface area contributed by atoms with Gasteiger partial charge in [0.2, 0.25) is 10.0 Å². The molecule has 0 radical (unpaired) electrons. The maximum Gasteiger partial charge on any atom is 0.337 e. The molecule has 0 fully saturated rings. The van der Waals surface area contributed by atoms with Gasteiger partial charge in [0.15, 0.2) is 0 Å². The summed E-state index contributed by atoms with van der Waals surface area (Å²) in [5, 5.41) is 0. The number of benzene rings is 2. The molecular weight excluding hydrogens is 314 g/mol. The van der Waals surface area contributed by atoms with Crippen molar-refractivity contribution in [2.24, 2.45) is 0 Å². The van der Waals surface area contributed by atoms with Crippen LogP contribution in [-0.2, 0) is 21.3 Å². The van der Waals surface area contributed by atoms with E-state index in [-0.39, 0.29) is 17.0 Å². The van der Waals surface area contributed by atoms with Crippen molar-refractivity contribution in [2.45, 2.75) is 18.4 Å². The number of carbonyl (C=O) groups excluding carboxylic acids is 1. The number of hydrogen-bond donors (Lipinski definition) is 0. The number of rotatable bonds is 5. The van der Waals surface area contributed by atoms with Crippen LogP contribution in [-0.4, -0.2) is 32.8 Å². The van der Waals surface area contributed by atoms with Gasteiger partial charge in [-0.2, -0.15) is 4.31 Å². The second kappa shape index (κ2) is 6.93. The van der Waals surface area contributed by atoms with Gasteiger partial charge in [-0.05, 0) is 36.2 Å². The Hall–Kier alpha value is -2.18. The van der Waals surface area contributed by atoms with Gasteiger partial charge in [0.05, 0.1) is 17.6 Å². The predicted molar refractivity (Wildman–Crippen MR) is 87.6 cm³/mol. The van der Waals surface area contributed by atoms with Gasteiger partial charge in [-0.15, -0.1) is 0 Å². The van der Waals surface area contributed by atoms with Gasteiger partial charge in [-0.25, -0.2) is 13.2 Å². The Morgan fingerprint density at radius 2 is 1.83 bits per heavy atom. The van der Waals surface area contributed by atoms with Gasteiger partial charge in [-0.3, -0.25) is 0 Å². The lowest BCUT2D eigenvalue weighted by Crippen LogP contribution is -2.27. The molecule has 2 aromatic rings. The number of ether oxygens (including phenoxy) is 1. The van der Waals surface area contributed by atoms with Crippen molar-refractivity contribution < 1.29 is 17.9 Å². The van der Waals surface area contributed by atoms with Crippen LogP contribution < -0.4 is 0 Å². The van der Waals surface area contributed by atoms with Gasteiger partial charge >= 0.3 is 5.97 Å². The molecule has 0 aliphatic heterocycles. The summed E-state index contributed by atoms with van der Waals surface area (Å²) >= 11 is 0. The van der Waals surface area contributed by atoms with Crippen LogP contribution in [0.1, 0.15) is 21.5 Å². The molecule has 2 rings (SSSR count). The average molecular weight is 333 g/mol. The highest BCUT2D eigenvalue weighted by Crippen LogP contribution is 2.19. The molecule has 0 bridgehead atoms. The highest BCUT2D eigenvalue weighted by Gasteiger charge is 2.22. The van der Waals surface area contributed by atoms with E-state index in [1.165, 1.54) is 42.7 Å². The van der Waals surface area contributed by atoms with Gasteiger partial charge < -0.3 is 4.74 Å². The first-order valence-corrected chi connectivity index (χ1v) is 8.49. The number of nitrogens with zero attached hydrogens (tertiary/aromatic N) is 1. The fraction of sp³-hybridized carbons (Fsp3) is 0.235. The Labute approximate surface area is 136 Å². The van der Waals surface area contributed by atoms with Crippen molar-refractivity contribution in [3.63, 3.8) is 0 Å². The zero-order valence-electron chi connectivity index (χ0n) is 13.3. The maximum atomic E-state index is 12.7. The zero-order valence-corrected chi connectivity index (χ0v) is 14.1. The molecule has 23 heavy (non-hydrogen) atoms. The molecule has 0 spiro atoms. The highest BCUT2D eigenvalue weighted by atomic mass is 32.2. The van der Waals surface area contributed by atoms with Gasteiger partial charge in [0.1, 0.15) is 0 Å². The summed E-state index contributed by atoms with van der Waals surface area (Å²) in [4.78, 5) is 11.6. The lowest BCUT2D eigenvalue weighted by Gasteiger charge is -2.18. The first kappa shape index (κ1) is 17.2. The number of aryl methyl sites for hydroxylation is 1. The largest absolute Gasteiger partial charge is 0.465 e. The third kappa shape index (κ3) is 3.78. The molecule has 5 nitrogen and oxygen atoms in total. The number of methoxy groups -OCH3 is 1. The Morgan fingerprint density at radius 1 is 1.13 bits per heavy atom. The van der Waals surface area contributed by atoms with E-state index < -0.39 is 16.0 Å². The van der Waals surface area contributed by atoms with Crippen molar-refractivity contribution in [3.05, 3.63) is 65.2 Å². The molecular formula is C17H19NO4S. The van der Waals surface area contributed by atoms with Crippen LogP contribution in [0.25, 0.3) is 0 Å². The van der Waals surface area contributed by atoms with Crippen molar-refractivity contribution in [1.29, 1.82) is 0 Å². The second-order valence-corrected chi connectivity index (χ2v) is 7.25. The molecule has 0 aliphatic rings. The quantitative estimate of drug-likeness (QED) is 0.789. The molecule has 2 aromatic carbocycles. The Morgan fingerprint density at radius 3 is 2.48 bits per heavy atom. The molecule has 122 valence electrons. The first-order valence-electron chi connectivity index (χ1n) is 7.05. The van der Waals surface area contributed by atoms with Crippen LogP contribution in [0.2, 0.25) is 0 Å². The molecule has 0 aromatic heterocycles. The minimum atomic E-state index is -3.69. The molecule has 0 amide bonds. The molecule has 6 heteroatoms. The summed E-state index contributed by atoms with van der Waals surface area (Å²) in [7, 11) is -0.914. The van der Waals surface area contributed by atoms with Crippen LogP contribution in [0.5, 0.6) is 0 Å². The minimum absolute atomic E-state index is 0.0662. The van der Waals surface area contributed by atoms with Crippen molar-refractivity contribution >= 4 is 16.0 Å². The van der Waals surface area contributed by atoms with E-state index >= 15 is 0 Å². The molecule has 0 saturated carbocycles. The smallest absolute Gasteiger partial charge is 0.337 e. The summed E-state index contributed by atoms with van der Waals surface area (Å²) in [6.07, 6.45) is 0. The van der Waals surface area contributed by atoms with Crippen molar-refractivity contribution in [2.75, 3.05) is 14.2 Å². The molecule has 0 atom stereocenters. The summed E-state index contributed by atoms with van der Waals surface area (Å²) in [6, 6.07) is 13.5. The topological polar surface area (TPSA) is 63.7 Å². The maximum absolute atomic E-state index is 12.7. The summed E-state index contributed by atoms with van der Waals surface area (Å²) in [5.41, 5.74) is 2.17. The standard InChI is InChI=1S/C17H19NO4S/c1-13-7-4-5-8-15(13)12-18(2)23(20,21)16-10-6-9-14(11-16)17(19)22-3/h4-11H,12H2,1-3H3. The van der Waals surface area contributed by atoms with Crippen LogP contribution in [0.4, 0.5) is 0 Å². The Bertz CT molecular complexity index is 815. The lowest BCUT2D eigenvalue weighted by molar-refractivity contribution is 0.0600. The first-order chi connectivity index (χ1) is 10.9. The van der Waals surface area contributed by atoms with E-state index in [2.05, 4.69) is 4.74 Å². The SMILES string of the molecule is COC(=O)c1cccc(S(=O)(=O)N(C)Cc2ccccc2C)c1. The Balaban J connectivity index is 2.31. The van der Waals surface area contributed by atoms with Crippen LogP contribution >= 0.6 is 0 Å². The predicted octanol–water partition coefficient (Wildman–Crippen LogP) is 2.60. The fourth-order valence-corrected chi connectivity index (χ4v) is 3.39. The molecule has 0 saturated heterocycles. The normalized spacial score (nSPS) is 11.5. The number of hydrogen-bond acceptors (Lipinski definition) is 4. The summed E-state index contributed by atoms with van der Waals surface area (Å²) in [6.45, 7) is 2.20. The second-order valence-electron chi connectivity index (χ2n) is 5.21. The monoisotopic (exact) mass is 333 g/mol. The molecule has 0 N–H and O–H groups in total. The summed E-state index contributed by atoms with van der Waals surface area (Å²) in [5.74, 6) is -0.566. The van der Waals surface area contributed by atoms with E-state index in [0.717, 1.165) is 11.1 Å². The van der Waals surface area contributed by atoms with E-state index in [0.29, 0.717) is 0 Å². The average Bonchev–Trinajstić information content (AvgIpc) is 2.56. The highest BCUT2D eigenvalue weighted by molar-refractivity contribution is 7.89. The number of esters is 1. The van der Waals surface area contributed by atoms with Crippen molar-refractivity contribution in [3.8, 4) is 0 Å². The van der Waals surface area contributed by atoms with E-state index in [9.17, 15) is 13.2 Å². The summed E-state index contributed by atoms with van der Waals surface area (Å²) < 4.78 is 31.3. The van der Waals surface area contributed by atoms with Crippen LogP contribution in [0, 0.1) is 6.92 Å². The van der Waals surface area contributed by atoms with E-state index in [4.69, 9.17) is 0 Å². The van der Waals surface area contributed by atoms with E-state index in [1.807, 2.05) is 31.2 Å². The molecule has 0 unspecified atom stereocenters. The Kier molecular flexibility index (Phi) is 5.18.